The van der Waals surface area contributed by atoms with Crippen molar-refractivity contribution in [2.75, 3.05) is 10.2 Å². The van der Waals surface area contributed by atoms with Gasteiger partial charge in [-0.15, -0.1) is 11.3 Å². The minimum Gasteiger partial charge on any atom is -0.352 e. The minimum absolute atomic E-state index is 0.136. The van der Waals surface area contributed by atoms with E-state index in [9.17, 15) is 14.4 Å². The SMILES string of the molecule is CCCc1ccc(C(=O)[C@@H]2[C@H](C(=O)c3cccs3)N3c4ccccc4C(C)=C[C@H]3[C@]23C(=O)Nc2ccccc23)cc1. The summed E-state index contributed by atoms with van der Waals surface area (Å²) in [5, 5.41) is 4.98. The normalized spacial score (nSPS) is 24.0. The Morgan fingerprint density at radius 1 is 0.927 bits per heavy atom. The first-order valence-corrected chi connectivity index (χ1v) is 15.0. The largest absolute Gasteiger partial charge is 0.352 e. The van der Waals surface area contributed by atoms with Crippen LogP contribution in [-0.4, -0.2) is 29.6 Å². The molecule has 6 heteroatoms. The highest BCUT2D eigenvalue weighted by molar-refractivity contribution is 7.12. The number of ketones is 2. The first kappa shape index (κ1) is 25.7. The van der Waals surface area contributed by atoms with Gasteiger partial charge >= 0.3 is 0 Å². The number of benzene rings is 3. The second-order valence-electron chi connectivity index (χ2n) is 11.2. The highest BCUT2D eigenvalue weighted by Crippen LogP contribution is 2.58. The van der Waals surface area contributed by atoms with E-state index in [1.807, 2.05) is 97.2 Å². The van der Waals surface area contributed by atoms with Crippen molar-refractivity contribution in [1.82, 2.24) is 0 Å². The molecule has 4 aromatic rings. The Labute approximate surface area is 243 Å². The summed E-state index contributed by atoms with van der Waals surface area (Å²) >= 11 is 1.37. The minimum atomic E-state index is -1.29. The first-order valence-electron chi connectivity index (χ1n) is 14.1. The molecular weight excluding hydrogens is 528 g/mol. The Morgan fingerprint density at radius 3 is 2.44 bits per heavy atom. The van der Waals surface area contributed by atoms with Crippen molar-refractivity contribution in [2.24, 2.45) is 5.92 Å². The second-order valence-corrected chi connectivity index (χ2v) is 12.1. The average molecular weight is 559 g/mol. The van der Waals surface area contributed by atoms with Crippen LogP contribution in [0.4, 0.5) is 11.4 Å². The predicted octanol–water partition coefficient (Wildman–Crippen LogP) is 6.95. The van der Waals surface area contributed by atoms with Crippen LogP contribution in [0.1, 0.15) is 57.0 Å². The Kier molecular flexibility index (Phi) is 6.05. The fourth-order valence-electron chi connectivity index (χ4n) is 7.26. The second kappa shape index (κ2) is 9.67. The molecule has 3 aliphatic rings. The van der Waals surface area contributed by atoms with Crippen LogP contribution in [0.2, 0.25) is 0 Å². The van der Waals surface area contributed by atoms with Crippen molar-refractivity contribution in [3.8, 4) is 0 Å². The number of anilines is 2. The van der Waals surface area contributed by atoms with Gasteiger partial charge in [0.15, 0.2) is 11.6 Å². The Balaban J connectivity index is 1.52. The molecule has 1 saturated heterocycles. The lowest BCUT2D eigenvalue weighted by Gasteiger charge is -2.39. The van der Waals surface area contributed by atoms with Crippen LogP contribution >= 0.6 is 11.3 Å². The van der Waals surface area contributed by atoms with Crippen LogP contribution in [0.3, 0.4) is 0 Å². The van der Waals surface area contributed by atoms with Crippen molar-refractivity contribution in [2.45, 2.75) is 44.2 Å². The zero-order valence-corrected chi connectivity index (χ0v) is 23.8. The topological polar surface area (TPSA) is 66.5 Å². The van der Waals surface area contributed by atoms with Gasteiger partial charge in [-0.2, -0.15) is 0 Å². The summed E-state index contributed by atoms with van der Waals surface area (Å²) in [5.74, 6) is -1.51. The van der Waals surface area contributed by atoms with Crippen LogP contribution in [0.15, 0.2) is 96.4 Å². The first-order chi connectivity index (χ1) is 20.0. The zero-order valence-electron chi connectivity index (χ0n) is 23.0. The number of carbonyl (C=O) groups is 3. The van der Waals surface area contributed by atoms with E-state index in [1.54, 1.807) is 0 Å². The smallest absolute Gasteiger partial charge is 0.238 e. The lowest BCUT2D eigenvalue weighted by molar-refractivity contribution is -0.121. The van der Waals surface area contributed by atoms with Gasteiger partial charge in [0.2, 0.25) is 5.91 Å². The molecule has 0 aliphatic carbocycles. The molecule has 4 heterocycles. The summed E-state index contributed by atoms with van der Waals surface area (Å²) in [4.78, 5) is 46.5. The molecule has 0 radical (unpaired) electrons. The van der Waals surface area contributed by atoms with Gasteiger partial charge in [0, 0.05) is 22.5 Å². The van der Waals surface area contributed by atoms with Crippen LogP contribution < -0.4 is 10.2 Å². The Bertz CT molecular complexity index is 1720. The number of carbonyl (C=O) groups excluding carboxylic acids is 3. The van der Waals surface area contributed by atoms with Gasteiger partial charge in [0.1, 0.15) is 11.5 Å². The summed E-state index contributed by atoms with van der Waals surface area (Å²) in [5.41, 5.74) is 4.76. The average Bonchev–Trinajstić information content (AvgIpc) is 3.70. The summed E-state index contributed by atoms with van der Waals surface area (Å²) in [6.45, 7) is 4.17. The molecule has 0 saturated carbocycles. The number of thiophene rings is 1. The molecule has 0 unspecified atom stereocenters. The van der Waals surface area contributed by atoms with Gasteiger partial charge in [-0.05, 0) is 53.6 Å². The number of fused-ring (bicyclic) bond motifs is 6. The maximum absolute atomic E-state index is 14.9. The van der Waals surface area contributed by atoms with Crippen molar-refractivity contribution >= 4 is 45.8 Å². The summed E-state index contributed by atoms with van der Waals surface area (Å²) < 4.78 is 0. The van der Waals surface area contributed by atoms with Crippen molar-refractivity contribution < 1.29 is 14.4 Å². The fraction of sp³-hybridized carbons (Fsp3) is 0.229. The van der Waals surface area contributed by atoms with Gasteiger partial charge < -0.3 is 10.2 Å². The molecule has 1 spiro atoms. The maximum atomic E-state index is 14.9. The number of para-hydroxylation sites is 2. The standard InChI is InChI=1S/C35H30N2O3S/c1-3-9-22-15-17-23(18-16-22)32(38)30-31(33(39)28-14-8-19-41-28)37-27-13-7-4-10-24(27)21(2)20-29(37)35(30)25-11-5-6-12-26(25)36-34(35)40/h4-8,10-20,29-31H,3,9H2,1-2H3,(H,36,40)/t29-,30-,31+,35-/m0/s1. The summed E-state index contributed by atoms with van der Waals surface area (Å²) in [6.07, 6.45) is 4.03. The Hall–Kier alpha value is -4.29. The third-order valence-electron chi connectivity index (χ3n) is 8.98. The van der Waals surface area contributed by atoms with E-state index >= 15 is 0 Å². The molecular formula is C35H30N2O3S. The van der Waals surface area contributed by atoms with E-state index in [0.717, 1.165) is 40.8 Å². The lowest BCUT2D eigenvalue weighted by Crippen LogP contribution is -2.51. The molecule has 7 rings (SSSR count). The molecule has 204 valence electrons. The molecule has 1 amide bonds. The van der Waals surface area contributed by atoms with E-state index < -0.39 is 23.4 Å². The summed E-state index contributed by atoms with van der Waals surface area (Å²) in [6, 6.07) is 25.6. The van der Waals surface area contributed by atoms with Gasteiger partial charge in [0.25, 0.3) is 0 Å². The molecule has 4 atom stereocenters. The zero-order chi connectivity index (χ0) is 28.3. The van der Waals surface area contributed by atoms with Crippen LogP contribution in [-0.2, 0) is 16.6 Å². The van der Waals surface area contributed by atoms with E-state index in [-0.39, 0.29) is 17.5 Å². The number of amides is 1. The number of hydrogen-bond acceptors (Lipinski definition) is 5. The number of Topliss-reactive ketones (excluding diaryl/α,β-unsaturated/α-hetero) is 2. The highest BCUT2D eigenvalue weighted by Gasteiger charge is 2.70. The van der Waals surface area contributed by atoms with Gasteiger partial charge in [-0.25, -0.2) is 0 Å². The number of aryl methyl sites for hydroxylation is 1. The monoisotopic (exact) mass is 558 g/mol. The van der Waals surface area contributed by atoms with E-state index in [0.29, 0.717) is 16.1 Å². The number of nitrogens with zero attached hydrogens (tertiary/aromatic N) is 1. The predicted molar refractivity (Wildman–Crippen MR) is 164 cm³/mol. The molecule has 5 nitrogen and oxygen atoms in total. The molecule has 1 aromatic heterocycles. The van der Waals surface area contributed by atoms with Crippen molar-refractivity contribution in [1.29, 1.82) is 0 Å². The molecule has 1 N–H and O–H groups in total. The lowest BCUT2D eigenvalue weighted by atomic mass is 9.64. The molecule has 41 heavy (non-hydrogen) atoms. The van der Waals surface area contributed by atoms with Crippen molar-refractivity contribution in [3.05, 3.63) is 124 Å². The number of nitrogens with one attached hydrogen (secondary N) is 1. The maximum Gasteiger partial charge on any atom is 0.238 e. The van der Waals surface area contributed by atoms with E-state index in [2.05, 4.69) is 23.2 Å². The van der Waals surface area contributed by atoms with Crippen LogP contribution in [0.25, 0.3) is 5.57 Å². The van der Waals surface area contributed by atoms with E-state index in [4.69, 9.17) is 0 Å². The van der Waals surface area contributed by atoms with Gasteiger partial charge in [-0.3, -0.25) is 14.4 Å². The third-order valence-corrected chi connectivity index (χ3v) is 9.86. The number of allylic oxidation sites excluding steroid dienone is 1. The van der Waals surface area contributed by atoms with Crippen LogP contribution in [0, 0.1) is 5.92 Å². The Morgan fingerprint density at radius 2 is 1.68 bits per heavy atom. The number of hydrogen-bond donors (Lipinski definition) is 1. The van der Waals surface area contributed by atoms with Crippen molar-refractivity contribution in [3.63, 3.8) is 0 Å². The molecule has 3 aromatic carbocycles. The van der Waals surface area contributed by atoms with Gasteiger partial charge in [-0.1, -0.05) is 86.2 Å². The quantitative estimate of drug-likeness (QED) is 0.260. The van der Waals surface area contributed by atoms with Gasteiger partial charge in [0.05, 0.1) is 16.8 Å². The summed E-state index contributed by atoms with van der Waals surface area (Å²) in [7, 11) is 0. The highest BCUT2D eigenvalue weighted by atomic mass is 32.1. The molecule has 0 bridgehead atoms. The fourth-order valence-corrected chi connectivity index (χ4v) is 7.95. The van der Waals surface area contributed by atoms with E-state index in [1.165, 1.54) is 11.3 Å². The molecule has 3 aliphatic heterocycles. The van der Waals surface area contributed by atoms with Crippen LogP contribution in [0.5, 0.6) is 0 Å². The number of rotatable bonds is 6. The molecule has 1 fully saturated rings. The third kappa shape index (κ3) is 3.63.